The van der Waals surface area contributed by atoms with Crippen LogP contribution in [0.15, 0.2) is 12.1 Å². The molecule has 0 aliphatic rings. The van der Waals surface area contributed by atoms with Crippen molar-refractivity contribution in [3.05, 3.63) is 22.7 Å². The predicted octanol–water partition coefficient (Wildman–Crippen LogP) is 2.79. The Morgan fingerprint density at radius 3 is 2.65 bits per heavy atom. The fourth-order valence-corrected chi connectivity index (χ4v) is 2.03. The van der Waals surface area contributed by atoms with Crippen molar-refractivity contribution in [2.45, 2.75) is 19.9 Å². The van der Waals surface area contributed by atoms with E-state index in [2.05, 4.69) is 31.2 Å². The molecule has 0 aromatic heterocycles. The quantitative estimate of drug-likeness (QED) is 0.711. The fraction of sp³-hybridized carbons (Fsp3) is 0.600. The number of ether oxygens (including phenoxy) is 2. The molecule has 1 N–H and O–H groups in total. The first-order valence-electron chi connectivity index (χ1n) is 6.93. The largest absolute Gasteiger partial charge is 0.493 e. The van der Waals surface area contributed by atoms with E-state index >= 15 is 0 Å². The number of likely N-dealkylation sites (N-methyl/N-ethyl adjacent to an activating group) is 1. The Morgan fingerprint density at radius 1 is 1.30 bits per heavy atom. The van der Waals surface area contributed by atoms with Gasteiger partial charge in [-0.3, -0.25) is 0 Å². The van der Waals surface area contributed by atoms with E-state index < -0.39 is 0 Å². The zero-order valence-corrected chi connectivity index (χ0v) is 13.6. The van der Waals surface area contributed by atoms with Crippen LogP contribution in [0.1, 0.15) is 18.9 Å². The molecule has 0 amide bonds. The molecule has 0 fully saturated rings. The molecule has 0 aliphatic heterocycles. The number of benzene rings is 1. The molecule has 0 saturated carbocycles. The summed E-state index contributed by atoms with van der Waals surface area (Å²) >= 11 is 6.13. The van der Waals surface area contributed by atoms with Crippen molar-refractivity contribution >= 4 is 11.6 Å². The average Bonchev–Trinajstić information content (AvgIpc) is 2.41. The molecule has 0 spiro atoms. The Morgan fingerprint density at radius 2 is 2.05 bits per heavy atom. The first kappa shape index (κ1) is 17.1. The van der Waals surface area contributed by atoms with Crippen LogP contribution >= 0.6 is 11.6 Å². The molecule has 0 unspecified atom stereocenters. The van der Waals surface area contributed by atoms with Crippen LogP contribution in [-0.2, 0) is 6.54 Å². The highest BCUT2D eigenvalue weighted by Gasteiger charge is 2.12. The Bertz CT molecular complexity index is 411. The maximum absolute atomic E-state index is 6.13. The first-order valence-corrected chi connectivity index (χ1v) is 7.31. The Hall–Kier alpha value is -0.970. The normalized spacial score (nSPS) is 10.9. The topological polar surface area (TPSA) is 33.7 Å². The standard InChI is InChI=1S/C15H25ClN2O2/c1-5-8-20-15-12(11-17-6-7-18(2)3)9-13(16)10-14(15)19-4/h9-10,17H,5-8,11H2,1-4H3. The molecular formula is C15H25ClN2O2. The summed E-state index contributed by atoms with van der Waals surface area (Å²) in [5, 5.41) is 4.05. The summed E-state index contributed by atoms with van der Waals surface area (Å²) in [6, 6.07) is 3.72. The van der Waals surface area contributed by atoms with Crippen LogP contribution in [0.2, 0.25) is 5.02 Å². The van der Waals surface area contributed by atoms with Gasteiger partial charge in [0.05, 0.1) is 13.7 Å². The van der Waals surface area contributed by atoms with E-state index in [9.17, 15) is 0 Å². The third kappa shape index (κ3) is 5.57. The van der Waals surface area contributed by atoms with E-state index in [0.717, 1.165) is 30.8 Å². The van der Waals surface area contributed by atoms with Crippen molar-refractivity contribution in [2.24, 2.45) is 0 Å². The summed E-state index contributed by atoms with van der Waals surface area (Å²) in [6.45, 7) is 5.36. The molecule has 0 aliphatic carbocycles. The number of hydrogen-bond donors (Lipinski definition) is 1. The molecule has 5 heteroatoms. The summed E-state index contributed by atoms with van der Waals surface area (Å²) in [4.78, 5) is 2.14. The molecule has 4 nitrogen and oxygen atoms in total. The van der Waals surface area contributed by atoms with Crippen LogP contribution in [-0.4, -0.2) is 45.8 Å². The molecule has 1 aromatic carbocycles. The second-order valence-electron chi connectivity index (χ2n) is 4.92. The molecule has 20 heavy (non-hydrogen) atoms. The van der Waals surface area contributed by atoms with E-state index in [1.165, 1.54) is 0 Å². The molecule has 1 rings (SSSR count). The zero-order chi connectivity index (χ0) is 15.0. The van der Waals surface area contributed by atoms with Crippen molar-refractivity contribution < 1.29 is 9.47 Å². The van der Waals surface area contributed by atoms with Gasteiger partial charge in [0.2, 0.25) is 0 Å². The van der Waals surface area contributed by atoms with Crippen molar-refractivity contribution in [1.82, 2.24) is 10.2 Å². The van der Waals surface area contributed by atoms with Crippen molar-refractivity contribution in [1.29, 1.82) is 0 Å². The van der Waals surface area contributed by atoms with Gasteiger partial charge in [-0.2, -0.15) is 0 Å². The lowest BCUT2D eigenvalue weighted by atomic mass is 10.1. The van der Waals surface area contributed by atoms with E-state index in [-0.39, 0.29) is 0 Å². The smallest absolute Gasteiger partial charge is 0.165 e. The van der Waals surface area contributed by atoms with Crippen LogP contribution in [0.4, 0.5) is 0 Å². The second-order valence-corrected chi connectivity index (χ2v) is 5.36. The van der Waals surface area contributed by atoms with Crippen LogP contribution in [0.3, 0.4) is 0 Å². The number of nitrogens with zero attached hydrogens (tertiary/aromatic N) is 1. The predicted molar refractivity (Wildman–Crippen MR) is 84.1 cm³/mol. The van der Waals surface area contributed by atoms with Gasteiger partial charge in [-0.25, -0.2) is 0 Å². The number of hydrogen-bond acceptors (Lipinski definition) is 4. The lowest BCUT2D eigenvalue weighted by Crippen LogP contribution is -2.26. The van der Waals surface area contributed by atoms with Gasteiger partial charge in [-0.1, -0.05) is 18.5 Å². The molecule has 114 valence electrons. The van der Waals surface area contributed by atoms with Crippen LogP contribution in [0.25, 0.3) is 0 Å². The van der Waals surface area contributed by atoms with Gasteiger partial charge in [-0.15, -0.1) is 0 Å². The lowest BCUT2D eigenvalue weighted by molar-refractivity contribution is 0.290. The minimum Gasteiger partial charge on any atom is -0.493 e. The summed E-state index contributed by atoms with van der Waals surface area (Å²) < 4.78 is 11.2. The summed E-state index contributed by atoms with van der Waals surface area (Å²) in [6.07, 6.45) is 0.958. The molecular weight excluding hydrogens is 276 g/mol. The molecule has 1 aromatic rings. The maximum atomic E-state index is 6.13. The maximum Gasteiger partial charge on any atom is 0.165 e. The van der Waals surface area contributed by atoms with Gasteiger partial charge in [-0.05, 0) is 26.6 Å². The highest BCUT2D eigenvalue weighted by atomic mass is 35.5. The van der Waals surface area contributed by atoms with E-state index in [1.54, 1.807) is 13.2 Å². The zero-order valence-electron chi connectivity index (χ0n) is 12.8. The van der Waals surface area contributed by atoms with Crippen LogP contribution in [0.5, 0.6) is 11.5 Å². The monoisotopic (exact) mass is 300 g/mol. The number of methoxy groups -OCH3 is 1. The minimum atomic E-state index is 0.662. The van der Waals surface area contributed by atoms with E-state index in [1.807, 2.05) is 6.07 Å². The van der Waals surface area contributed by atoms with E-state index in [4.69, 9.17) is 21.1 Å². The lowest BCUT2D eigenvalue weighted by Gasteiger charge is -2.16. The third-order valence-corrected chi connectivity index (χ3v) is 3.04. The van der Waals surface area contributed by atoms with Crippen molar-refractivity contribution in [2.75, 3.05) is 40.9 Å². The summed E-state index contributed by atoms with van der Waals surface area (Å²) in [5.41, 5.74) is 1.03. The van der Waals surface area contributed by atoms with Crippen molar-refractivity contribution in [3.63, 3.8) is 0 Å². The molecule has 0 atom stereocenters. The molecule has 0 radical (unpaired) electrons. The SMILES string of the molecule is CCCOc1c(CNCCN(C)C)cc(Cl)cc1OC. The average molecular weight is 301 g/mol. The van der Waals surface area contributed by atoms with E-state index in [0.29, 0.717) is 23.9 Å². The number of rotatable bonds is 9. The Balaban J connectivity index is 2.77. The van der Waals surface area contributed by atoms with Gasteiger partial charge in [0.1, 0.15) is 0 Å². The molecule has 0 bridgehead atoms. The van der Waals surface area contributed by atoms with Gasteiger partial charge >= 0.3 is 0 Å². The summed E-state index contributed by atoms with van der Waals surface area (Å²) in [7, 11) is 5.74. The number of halogens is 1. The van der Waals surface area contributed by atoms with Crippen molar-refractivity contribution in [3.8, 4) is 11.5 Å². The molecule has 0 saturated heterocycles. The minimum absolute atomic E-state index is 0.662. The number of nitrogens with one attached hydrogen (secondary N) is 1. The van der Waals surface area contributed by atoms with Gasteiger partial charge in [0.15, 0.2) is 11.5 Å². The Kier molecular flexibility index (Phi) is 7.73. The van der Waals surface area contributed by atoms with Gasteiger partial charge in [0.25, 0.3) is 0 Å². The molecule has 0 heterocycles. The first-order chi connectivity index (χ1) is 9.58. The van der Waals surface area contributed by atoms with Gasteiger partial charge < -0.3 is 19.7 Å². The van der Waals surface area contributed by atoms with Gasteiger partial charge in [0, 0.05) is 36.3 Å². The Labute approximate surface area is 127 Å². The fourth-order valence-electron chi connectivity index (χ4n) is 1.80. The summed E-state index contributed by atoms with van der Waals surface area (Å²) in [5.74, 6) is 1.48. The van der Waals surface area contributed by atoms with Crippen LogP contribution in [0, 0.1) is 0 Å². The highest BCUT2D eigenvalue weighted by molar-refractivity contribution is 6.30. The second kappa shape index (κ2) is 9.06. The highest BCUT2D eigenvalue weighted by Crippen LogP contribution is 2.34. The van der Waals surface area contributed by atoms with Crippen LogP contribution < -0.4 is 14.8 Å². The third-order valence-electron chi connectivity index (χ3n) is 2.82.